The van der Waals surface area contributed by atoms with E-state index in [0.29, 0.717) is 0 Å². The van der Waals surface area contributed by atoms with Crippen LogP contribution in [0.3, 0.4) is 0 Å². The lowest BCUT2D eigenvalue weighted by Crippen LogP contribution is -2.07. The molecular formula is C9H8ClNO6. The second kappa shape index (κ2) is 4.88. The number of methoxy groups -OCH3 is 2. The molecule has 1 N–H and O–H groups in total. The molecule has 0 amide bonds. The van der Waals surface area contributed by atoms with E-state index in [-0.39, 0.29) is 16.5 Å². The van der Waals surface area contributed by atoms with Gasteiger partial charge in [-0.05, 0) is 0 Å². The Bertz CT molecular complexity index is 487. The molecular weight excluding hydrogens is 254 g/mol. The van der Waals surface area contributed by atoms with Crippen molar-refractivity contribution in [1.82, 2.24) is 0 Å². The zero-order chi connectivity index (χ0) is 13.2. The van der Waals surface area contributed by atoms with Crippen LogP contribution in [0.25, 0.3) is 0 Å². The summed E-state index contributed by atoms with van der Waals surface area (Å²) in [6.45, 7) is 0. The number of rotatable bonds is 4. The fourth-order valence-corrected chi connectivity index (χ4v) is 1.59. The third-order valence-corrected chi connectivity index (χ3v) is 2.29. The summed E-state index contributed by atoms with van der Waals surface area (Å²) in [5.74, 6) is -1.80. The van der Waals surface area contributed by atoms with Crippen molar-refractivity contribution in [1.29, 1.82) is 0 Å². The number of ether oxygens (including phenoxy) is 2. The molecule has 0 atom stereocenters. The molecule has 0 fully saturated rings. The van der Waals surface area contributed by atoms with Crippen molar-refractivity contribution in [2.45, 2.75) is 0 Å². The highest BCUT2D eigenvalue weighted by atomic mass is 35.5. The normalized spacial score (nSPS) is 9.82. The van der Waals surface area contributed by atoms with Gasteiger partial charge in [0.15, 0.2) is 11.3 Å². The molecule has 0 spiro atoms. The molecule has 0 aliphatic rings. The average Bonchev–Trinajstić information content (AvgIpc) is 2.26. The number of nitro benzene ring substituents is 1. The van der Waals surface area contributed by atoms with Gasteiger partial charge in [-0.3, -0.25) is 10.1 Å². The van der Waals surface area contributed by atoms with Crippen molar-refractivity contribution in [2.24, 2.45) is 0 Å². The number of hydrogen-bond donors (Lipinski definition) is 1. The molecule has 0 bridgehead atoms. The molecule has 92 valence electrons. The Hall–Kier alpha value is -2.02. The van der Waals surface area contributed by atoms with E-state index in [1.165, 1.54) is 14.2 Å². The third-order valence-electron chi connectivity index (χ3n) is 1.99. The van der Waals surface area contributed by atoms with Crippen LogP contribution in [-0.4, -0.2) is 30.2 Å². The van der Waals surface area contributed by atoms with E-state index >= 15 is 0 Å². The molecule has 0 saturated heterocycles. The Balaban J connectivity index is 3.73. The quantitative estimate of drug-likeness (QED) is 0.657. The highest BCUT2D eigenvalue weighted by Gasteiger charge is 2.32. The van der Waals surface area contributed by atoms with E-state index in [4.69, 9.17) is 26.2 Å². The molecule has 1 rings (SSSR count). The van der Waals surface area contributed by atoms with E-state index in [2.05, 4.69) is 0 Å². The van der Waals surface area contributed by atoms with Gasteiger partial charge in [-0.2, -0.15) is 0 Å². The molecule has 1 aromatic rings. The lowest BCUT2D eigenvalue weighted by molar-refractivity contribution is -0.386. The number of carbonyl (C=O) groups is 1. The Morgan fingerprint density at radius 2 is 2.06 bits per heavy atom. The Labute approximate surface area is 101 Å². The van der Waals surface area contributed by atoms with Crippen LogP contribution in [0.1, 0.15) is 10.4 Å². The molecule has 0 unspecified atom stereocenters. The van der Waals surface area contributed by atoms with Crippen molar-refractivity contribution in [3.63, 3.8) is 0 Å². The first-order valence-electron chi connectivity index (χ1n) is 4.26. The van der Waals surface area contributed by atoms with Crippen LogP contribution in [-0.2, 0) is 0 Å². The molecule has 17 heavy (non-hydrogen) atoms. The van der Waals surface area contributed by atoms with Crippen LogP contribution in [0.4, 0.5) is 5.69 Å². The van der Waals surface area contributed by atoms with Crippen molar-refractivity contribution in [3.8, 4) is 11.5 Å². The van der Waals surface area contributed by atoms with E-state index < -0.39 is 22.1 Å². The summed E-state index contributed by atoms with van der Waals surface area (Å²) >= 11 is 5.66. The van der Waals surface area contributed by atoms with Crippen LogP contribution in [0.15, 0.2) is 6.07 Å². The number of carboxylic acids is 1. The van der Waals surface area contributed by atoms with E-state index in [9.17, 15) is 14.9 Å². The SMILES string of the molecule is COc1cc(Cl)c(C(=O)O)c([N+](=O)[O-])c1OC. The first kappa shape index (κ1) is 13.0. The van der Waals surface area contributed by atoms with Gasteiger partial charge in [0.2, 0.25) is 5.75 Å². The van der Waals surface area contributed by atoms with Crippen LogP contribution >= 0.6 is 11.6 Å². The number of hydrogen-bond acceptors (Lipinski definition) is 5. The molecule has 7 nitrogen and oxygen atoms in total. The van der Waals surface area contributed by atoms with Gasteiger partial charge >= 0.3 is 11.7 Å². The van der Waals surface area contributed by atoms with Crippen LogP contribution < -0.4 is 9.47 Å². The lowest BCUT2D eigenvalue weighted by Gasteiger charge is -2.10. The smallest absolute Gasteiger partial charge is 0.344 e. The first-order chi connectivity index (χ1) is 7.93. The summed E-state index contributed by atoms with van der Waals surface area (Å²) in [6, 6.07) is 1.15. The zero-order valence-electron chi connectivity index (χ0n) is 8.89. The van der Waals surface area contributed by atoms with Crippen molar-refractivity contribution in [2.75, 3.05) is 14.2 Å². The summed E-state index contributed by atoms with van der Waals surface area (Å²) in [6.07, 6.45) is 0. The maximum atomic E-state index is 10.9. The summed E-state index contributed by atoms with van der Waals surface area (Å²) in [4.78, 5) is 20.9. The van der Waals surface area contributed by atoms with Crippen molar-refractivity contribution >= 4 is 23.3 Å². The standard InChI is InChI=1S/C9H8ClNO6/c1-16-5-3-4(10)6(9(12)13)7(11(14)15)8(5)17-2/h3H,1-2H3,(H,12,13). The molecule has 0 aliphatic carbocycles. The summed E-state index contributed by atoms with van der Waals surface area (Å²) in [5, 5.41) is 19.5. The largest absolute Gasteiger partial charge is 0.493 e. The number of nitrogens with zero attached hydrogens (tertiary/aromatic N) is 1. The van der Waals surface area contributed by atoms with Crippen LogP contribution in [0.5, 0.6) is 11.5 Å². The van der Waals surface area contributed by atoms with Gasteiger partial charge in [0, 0.05) is 6.07 Å². The third kappa shape index (κ3) is 2.23. The lowest BCUT2D eigenvalue weighted by atomic mass is 10.1. The summed E-state index contributed by atoms with van der Waals surface area (Å²) in [5.41, 5.74) is -1.36. The minimum Gasteiger partial charge on any atom is -0.493 e. The predicted molar refractivity (Wildman–Crippen MR) is 58.2 cm³/mol. The van der Waals surface area contributed by atoms with E-state index in [1.807, 2.05) is 0 Å². The average molecular weight is 262 g/mol. The maximum Gasteiger partial charge on any atom is 0.344 e. The van der Waals surface area contributed by atoms with Gasteiger partial charge in [0.05, 0.1) is 24.2 Å². The van der Waals surface area contributed by atoms with Crippen LogP contribution in [0.2, 0.25) is 5.02 Å². The fraction of sp³-hybridized carbons (Fsp3) is 0.222. The first-order valence-corrected chi connectivity index (χ1v) is 4.64. The van der Waals surface area contributed by atoms with Gasteiger partial charge < -0.3 is 14.6 Å². The van der Waals surface area contributed by atoms with Crippen molar-refractivity contribution in [3.05, 3.63) is 26.8 Å². The van der Waals surface area contributed by atoms with Crippen molar-refractivity contribution < 1.29 is 24.3 Å². The van der Waals surface area contributed by atoms with Gasteiger partial charge in [-0.15, -0.1) is 0 Å². The predicted octanol–water partition coefficient (Wildman–Crippen LogP) is 1.96. The molecule has 8 heteroatoms. The van der Waals surface area contributed by atoms with E-state index in [0.717, 1.165) is 6.07 Å². The molecule has 0 aromatic heterocycles. The topological polar surface area (TPSA) is 98.9 Å². The molecule has 0 aliphatic heterocycles. The second-order valence-electron chi connectivity index (χ2n) is 2.88. The summed E-state index contributed by atoms with van der Waals surface area (Å²) in [7, 11) is 2.43. The van der Waals surface area contributed by atoms with E-state index in [1.54, 1.807) is 0 Å². The highest BCUT2D eigenvalue weighted by molar-refractivity contribution is 6.34. The maximum absolute atomic E-state index is 10.9. The summed E-state index contributed by atoms with van der Waals surface area (Å²) < 4.78 is 9.62. The molecule has 0 radical (unpaired) electrons. The fourth-order valence-electron chi connectivity index (χ4n) is 1.32. The number of nitro groups is 1. The Morgan fingerprint density at radius 3 is 2.41 bits per heavy atom. The molecule has 0 saturated carbocycles. The van der Waals surface area contributed by atoms with Crippen LogP contribution in [0, 0.1) is 10.1 Å². The van der Waals surface area contributed by atoms with Gasteiger partial charge in [0.1, 0.15) is 0 Å². The monoisotopic (exact) mass is 261 g/mol. The highest BCUT2D eigenvalue weighted by Crippen LogP contribution is 2.43. The molecule has 1 aromatic carbocycles. The minimum atomic E-state index is -1.51. The Kier molecular flexibility index (Phi) is 3.74. The number of halogens is 1. The number of benzene rings is 1. The van der Waals surface area contributed by atoms with Gasteiger partial charge in [-0.25, -0.2) is 4.79 Å². The van der Waals surface area contributed by atoms with Gasteiger partial charge in [0.25, 0.3) is 0 Å². The molecule has 0 heterocycles. The second-order valence-corrected chi connectivity index (χ2v) is 3.29. The van der Waals surface area contributed by atoms with Gasteiger partial charge in [-0.1, -0.05) is 11.6 Å². The minimum absolute atomic E-state index is 0.00537. The number of carboxylic acid groups (broad SMARTS) is 1. The Morgan fingerprint density at radius 1 is 1.47 bits per heavy atom. The number of aromatic carboxylic acids is 1. The zero-order valence-corrected chi connectivity index (χ0v) is 9.65.